The average Bonchev–Trinajstić information content (AvgIpc) is 2.71. The van der Waals surface area contributed by atoms with Crippen molar-refractivity contribution in [1.29, 1.82) is 0 Å². The van der Waals surface area contributed by atoms with Gasteiger partial charge < -0.3 is 20.3 Å². The summed E-state index contributed by atoms with van der Waals surface area (Å²) in [6.45, 7) is 8.20. The molecule has 1 aromatic rings. The van der Waals surface area contributed by atoms with Crippen molar-refractivity contribution in [2.75, 3.05) is 50.0 Å². The molecule has 1 atom stereocenters. The zero-order valence-corrected chi connectivity index (χ0v) is 17.0. The number of nitrogens with zero attached hydrogens (tertiary/aromatic N) is 2. The predicted octanol–water partition coefficient (Wildman–Crippen LogP) is 1.60. The molecule has 0 bridgehead atoms. The molecule has 156 valence electrons. The number of nitrogens with one attached hydrogen (secondary N) is 2. The minimum Gasteiger partial charge on any atom is -0.450 e. The summed E-state index contributed by atoms with van der Waals surface area (Å²) in [4.78, 5) is 39.9. The van der Waals surface area contributed by atoms with Crippen LogP contribution in [0.1, 0.15) is 46.0 Å². The van der Waals surface area contributed by atoms with Gasteiger partial charge in [-0.3, -0.25) is 14.5 Å². The zero-order chi connectivity index (χ0) is 20.1. The molecule has 0 aliphatic carbocycles. The van der Waals surface area contributed by atoms with Crippen LogP contribution < -0.4 is 21.5 Å². The molecular formula is C20H32N4O4. The Kier molecular flexibility index (Phi) is 6.93. The summed E-state index contributed by atoms with van der Waals surface area (Å²) in [7, 11) is 0. The molecule has 2 aliphatic rings. The van der Waals surface area contributed by atoms with Crippen LogP contribution in [0.3, 0.4) is 0 Å². The maximum Gasteiger partial charge on any atom is 0.409 e. The van der Waals surface area contributed by atoms with Crippen LogP contribution in [0.25, 0.3) is 0 Å². The molecular weight excluding hydrogens is 360 g/mol. The van der Waals surface area contributed by atoms with Gasteiger partial charge in [0, 0.05) is 38.3 Å². The van der Waals surface area contributed by atoms with Crippen molar-refractivity contribution in [2.24, 2.45) is 0 Å². The van der Waals surface area contributed by atoms with Crippen LogP contribution in [0.4, 0.5) is 16.2 Å². The Balaban J connectivity index is 1.48. The fourth-order valence-corrected chi connectivity index (χ4v) is 4.14. The van der Waals surface area contributed by atoms with Crippen molar-refractivity contribution in [3.8, 4) is 0 Å². The minimum atomic E-state index is -0.443. The number of ether oxygens (including phenoxy) is 1. The molecule has 2 fully saturated rings. The van der Waals surface area contributed by atoms with Crippen LogP contribution in [-0.4, -0.2) is 67.3 Å². The molecule has 28 heavy (non-hydrogen) atoms. The summed E-state index contributed by atoms with van der Waals surface area (Å²) < 4.78 is 5.02. The Morgan fingerprint density at radius 3 is 2.46 bits per heavy atom. The molecule has 8 heteroatoms. The van der Waals surface area contributed by atoms with Gasteiger partial charge in [-0.2, -0.15) is 0 Å². The number of hydrogen-bond donors (Lipinski definition) is 2. The molecule has 0 aromatic heterocycles. The Hall–Kier alpha value is -2.09. The Labute approximate surface area is 165 Å². The number of hydrogen-bond acceptors (Lipinski definition) is 7. The number of likely N-dealkylation sites (tertiary alicyclic amines) is 2. The highest BCUT2D eigenvalue weighted by molar-refractivity contribution is 5.74. The van der Waals surface area contributed by atoms with E-state index in [1.54, 1.807) is 11.8 Å². The fraction of sp³-hybridized carbons (Fsp3) is 0.750. The summed E-state index contributed by atoms with van der Waals surface area (Å²) in [5, 5.41) is 6.40. The first-order chi connectivity index (χ1) is 13.5. The monoisotopic (exact) mass is 392 g/mol. The van der Waals surface area contributed by atoms with E-state index >= 15 is 0 Å². The van der Waals surface area contributed by atoms with Gasteiger partial charge in [0.05, 0.1) is 6.61 Å². The molecule has 2 N–H and O–H groups in total. The quantitative estimate of drug-likeness (QED) is 0.681. The molecule has 1 amide bonds. The van der Waals surface area contributed by atoms with Gasteiger partial charge in [0.25, 0.3) is 10.9 Å². The molecule has 2 aliphatic heterocycles. The number of amides is 1. The first-order valence-corrected chi connectivity index (χ1v) is 10.5. The first-order valence-electron chi connectivity index (χ1n) is 10.5. The second-order valence-electron chi connectivity index (χ2n) is 7.82. The molecule has 1 aromatic carbocycles. The highest BCUT2D eigenvalue weighted by Crippen LogP contribution is 2.21. The normalized spacial score (nSPS) is 21.6. The van der Waals surface area contributed by atoms with Gasteiger partial charge in [0.1, 0.15) is 11.4 Å². The molecule has 0 unspecified atom stereocenters. The van der Waals surface area contributed by atoms with Crippen LogP contribution in [0.15, 0.2) is 9.59 Å². The molecule has 0 saturated carbocycles. The first kappa shape index (κ1) is 20.6. The topological polar surface area (TPSA) is 91.0 Å². The summed E-state index contributed by atoms with van der Waals surface area (Å²) in [6, 6.07) is 0.655. The number of carbonyl (C=O) groups excluding carboxylic acids is 1. The van der Waals surface area contributed by atoms with Crippen molar-refractivity contribution in [1.82, 2.24) is 9.80 Å². The average molecular weight is 393 g/mol. The van der Waals surface area contributed by atoms with Gasteiger partial charge in [-0.15, -0.1) is 0 Å². The van der Waals surface area contributed by atoms with E-state index in [1.807, 2.05) is 0 Å². The summed E-state index contributed by atoms with van der Waals surface area (Å²) in [5.74, 6) is 0. The Morgan fingerprint density at radius 2 is 1.79 bits per heavy atom. The van der Waals surface area contributed by atoms with Gasteiger partial charge in [0.15, 0.2) is 0 Å². The lowest BCUT2D eigenvalue weighted by molar-refractivity contribution is 0.0983. The third kappa shape index (κ3) is 4.66. The highest BCUT2D eigenvalue weighted by Gasteiger charge is 2.28. The molecule has 2 heterocycles. The third-order valence-corrected chi connectivity index (χ3v) is 5.92. The largest absolute Gasteiger partial charge is 0.450 e. The summed E-state index contributed by atoms with van der Waals surface area (Å²) in [5.41, 5.74) is -0.0476. The van der Waals surface area contributed by atoms with Crippen molar-refractivity contribution in [3.63, 3.8) is 0 Å². The van der Waals surface area contributed by atoms with E-state index < -0.39 is 10.9 Å². The number of piperidine rings is 2. The Morgan fingerprint density at radius 1 is 1.07 bits per heavy atom. The fourth-order valence-electron chi connectivity index (χ4n) is 4.14. The van der Waals surface area contributed by atoms with E-state index in [1.165, 1.54) is 19.3 Å². The molecule has 3 rings (SSSR count). The van der Waals surface area contributed by atoms with Gasteiger partial charge in [-0.1, -0.05) is 6.42 Å². The molecule has 0 spiro atoms. The third-order valence-electron chi connectivity index (χ3n) is 5.92. The van der Waals surface area contributed by atoms with Gasteiger partial charge in [-0.05, 0) is 46.1 Å². The lowest BCUT2D eigenvalue weighted by Gasteiger charge is -2.34. The van der Waals surface area contributed by atoms with Gasteiger partial charge >= 0.3 is 6.09 Å². The van der Waals surface area contributed by atoms with Crippen LogP contribution in [0.2, 0.25) is 0 Å². The second kappa shape index (κ2) is 9.41. The van der Waals surface area contributed by atoms with Gasteiger partial charge in [-0.25, -0.2) is 4.79 Å². The Bertz CT molecular complexity index is 735. The molecule has 8 nitrogen and oxygen atoms in total. The molecule has 0 radical (unpaired) electrons. The SMILES string of the molecule is CCOC(=O)N1CCC(Nc2c(NCCN3CCCC[C@@H]3C)c(=O)c2=O)CC1. The van der Waals surface area contributed by atoms with Crippen molar-refractivity contribution < 1.29 is 9.53 Å². The van der Waals surface area contributed by atoms with E-state index in [4.69, 9.17) is 4.74 Å². The predicted molar refractivity (Wildman–Crippen MR) is 110 cm³/mol. The van der Waals surface area contributed by atoms with Gasteiger partial charge in [0.2, 0.25) is 0 Å². The van der Waals surface area contributed by atoms with Crippen molar-refractivity contribution in [2.45, 2.75) is 58.0 Å². The highest BCUT2D eigenvalue weighted by atomic mass is 16.6. The van der Waals surface area contributed by atoms with E-state index in [0.717, 1.165) is 25.9 Å². The second-order valence-corrected chi connectivity index (χ2v) is 7.82. The molecule has 2 saturated heterocycles. The van der Waals surface area contributed by atoms with E-state index in [9.17, 15) is 14.4 Å². The van der Waals surface area contributed by atoms with E-state index in [0.29, 0.717) is 43.7 Å². The number of anilines is 2. The lowest BCUT2D eigenvalue weighted by Crippen LogP contribution is -2.46. The van der Waals surface area contributed by atoms with Crippen molar-refractivity contribution >= 4 is 17.5 Å². The maximum atomic E-state index is 12.0. The number of rotatable bonds is 7. The minimum absolute atomic E-state index is 0.0802. The smallest absolute Gasteiger partial charge is 0.409 e. The van der Waals surface area contributed by atoms with Crippen molar-refractivity contribution in [3.05, 3.63) is 20.4 Å². The lowest BCUT2D eigenvalue weighted by atomic mass is 10.0. The van der Waals surface area contributed by atoms with Crippen LogP contribution in [0.5, 0.6) is 0 Å². The standard InChI is InChI=1S/C20H32N4O4/c1-3-28-20(27)24-11-7-15(8-12-24)22-17-16(18(25)19(17)26)21-9-13-23-10-5-4-6-14(23)2/h14-15,21-22H,3-13H2,1-2H3/t14-/m0/s1. The summed E-state index contributed by atoms with van der Waals surface area (Å²) >= 11 is 0. The zero-order valence-electron chi connectivity index (χ0n) is 17.0. The van der Waals surface area contributed by atoms with Crippen LogP contribution in [-0.2, 0) is 4.74 Å². The van der Waals surface area contributed by atoms with E-state index in [2.05, 4.69) is 22.5 Å². The summed E-state index contributed by atoms with van der Waals surface area (Å²) in [6.07, 6.45) is 4.89. The van der Waals surface area contributed by atoms with Crippen LogP contribution in [0, 0.1) is 0 Å². The van der Waals surface area contributed by atoms with Crippen LogP contribution >= 0.6 is 0 Å². The maximum absolute atomic E-state index is 12.0. The number of carbonyl (C=O) groups is 1. The van der Waals surface area contributed by atoms with E-state index in [-0.39, 0.29) is 12.1 Å².